The average Bonchev–Trinajstić information content (AvgIpc) is 2.79. The fourth-order valence-corrected chi connectivity index (χ4v) is 3.48. The summed E-state index contributed by atoms with van der Waals surface area (Å²) < 4.78 is 31.8. The second-order valence-electron chi connectivity index (χ2n) is 7.42. The lowest BCUT2D eigenvalue weighted by Gasteiger charge is -2.35. The monoisotopic (exact) mass is 445 g/mol. The van der Waals surface area contributed by atoms with Crippen molar-refractivity contribution in [1.82, 2.24) is 15.1 Å². The zero-order valence-electron chi connectivity index (χ0n) is 17.8. The van der Waals surface area contributed by atoms with Crippen molar-refractivity contribution in [2.45, 2.75) is 12.8 Å². The Bertz CT molecular complexity index is 991. The SMILES string of the molecule is COc1cccc(CC(=O)N2CCN(C(=O)CCNC(=O)c3ccc(F)cc3F)CC2)c1. The molecule has 170 valence electrons. The van der Waals surface area contributed by atoms with E-state index in [4.69, 9.17) is 4.74 Å². The van der Waals surface area contributed by atoms with Crippen molar-refractivity contribution in [2.24, 2.45) is 0 Å². The molecule has 0 atom stereocenters. The highest BCUT2D eigenvalue weighted by Gasteiger charge is 2.24. The minimum absolute atomic E-state index is 0.0149. The Morgan fingerprint density at radius 1 is 0.969 bits per heavy atom. The quantitative estimate of drug-likeness (QED) is 0.707. The van der Waals surface area contributed by atoms with Gasteiger partial charge in [0.05, 0.1) is 19.1 Å². The molecule has 2 aromatic carbocycles. The van der Waals surface area contributed by atoms with E-state index in [1.54, 1.807) is 16.9 Å². The molecule has 3 rings (SSSR count). The van der Waals surface area contributed by atoms with Crippen molar-refractivity contribution in [3.05, 3.63) is 65.2 Å². The molecule has 2 aromatic rings. The molecule has 1 heterocycles. The molecule has 0 bridgehead atoms. The van der Waals surface area contributed by atoms with Gasteiger partial charge in [0.15, 0.2) is 0 Å². The van der Waals surface area contributed by atoms with E-state index in [9.17, 15) is 23.2 Å². The summed E-state index contributed by atoms with van der Waals surface area (Å²) in [6.45, 7) is 1.71. The van der Waals surface area contributed by atoms with Crippen LogP contribution in [0.25, 0.3) is 0 Å². The maximum atomic E-state index is 13.6. The van der Waals surface area contributed by atoms with Crippen LogP contribution in [-0.4, -0.2) is 67.4 Å². The van der Waals surface area contributed by atoms with Gasteiger partial charge in [-0.05, 0) is 29.8 Å². The van der Waals surface area contributed by atoms with Gasteiger partial charge in [-0.15, -0.1) is 0 Å². The van der Waals surface area contributed by atoms with Crippen molar-refractivity contribution < 1.29 is 27.9 Å². The van der Waals surface area contributed by atoms with Gasteiger partial charge in [-0.1, -0.05) is 12.1 Å². The van der Waals surface area contributed by atoms with Crippen LogP contribution in [0.15, 0.2) is 42.5 Å². The molecule has 1 aliphatic rings. The molecule has 0 aromatic heterocycles. The lowest BCUT2D eigenvalue weighted by Crippen LogP contribution is -2.51. The number of halogens is 2. The fraction of sp³-hybridized carbons (Fsp3) is 0.348. The Balaban J connectivity index is 1.41. The van der Waals surface area contributed by atoms with E-state index in [0.29, 0.717) is 38.0 Å². The zero-order valence-corrected chi connectivity index (χ0v) is 17.8. The van der Waals surface area contributed by atoms with Crippen molar-refractivity contribution in [2.75, 3.05) is 39.8 Å². The molecule has 0 spiro atoms. The number of carbonyl (C=O) groups is 3. The van der Waals surface area contributed by atoms with Crippen LogP contribution in [0, 0.1) is 11.6 Å². The van der Waals surface area contributed by atoms with Crippen LogP contribution in [0.4, 0.5) is 8.78 Å². The normalized spacial score (nSPS) is 13.6. The number of ether oxygens (including phenoxy) is 1. The van der Waals surface area contributed by atoms with Crippen LogP contribution in [-0.2, 0) is 16.0 Å². The maximum Gasteiger partial charge on any atom is 0.254 e. The zero-order chi connectivity index (χ0) is 23.1. The van der Waals surface area contributed by atoms with Crippen LogP contribution in [0.5, 0.6) is 5.75 Å². The van der Waals surface area contributed by atoms with Gasteiger partial charge in [0.2, 0.25) is 11.8 Å². The number of hydrogen-bond acceptors (Lipinski definition) is 4. The highest BCUT2D eigenvalue weighted by atomic mass is 19.1. The highest BCUT2D eigenvalue weighted by molar-refractivity contribution is 5.94. The molecular weight excluding hydrogens is 420 g/mol. The number of nitrogens with zero attached hydrogens (tertiary/aromatic N) is 2. The molecule has 1 aliphatic heterocycles. The number of amides is 3. The van der Waals surface area contributed by atoms with Gasteiger partial charge in [-0.2, -0.15) is 0 Å². The summed E-state index contributed by atoms with van der Waals surface area (Å²) in [6, 6.07) is 10.0. The summed E-state index contributed by atoms with van der Waals surface area (Å²) in [5.74, 6) is -1.91. The maximum absolute atomic E-state index is 13.6. The number of methoxy groups -OCH3 is 1. The third-order valence-electron chi connectivity index (χ3n) is 5.27. The largest absolute Gasteiger partial charge is 0.497 e. The third kappa shape index (κ3) is 6.03. The summed E-state index contributed by atoms with van der Waals surface area (Å²) in [5, 5.41) is 2.47. The predicted molar refractivity (Wildman–Crippen MR) is 113 cm³/mol. The first kappa shape index (κ1) is 23.2. The number of piperazine rings is 1. The predicted octanol–water partition coefficient (Wildman–Crippen LogP) is 2.01. The van der Waals surface area contributed by atoms with Gasteiger partial charge in [-0.3, -0.25) is 14.4 Å². The van der Waals surface area contributed by atoms with Gasteiger partial charge < -0.3 is 19.9 Å². The van der Waals surface area contributed by atoms with Crippen LogP contribution in [0.3, 0.4) is 0 Å². The first-order chi connectivity index (χ1) is 15.4. The van der Waals surface area contributed by atoms with E-state index >= 15 is 0 Å². The van der Waals surface area contributed by atoms with Gasteiger partial charge in [0.25, 0.3) is 5.91 Å². The molecule has 3 amide bonds. The first-order valence-corrected chi connectivity index (χ1v) is 10.3. The number of rotatable bonds is 7. The second-order valence-corrected chi connectivity index (χ2v) is 7.42. The fourth-order valence-electron chi connectivity index (χ4n) is 3.48. The molecule has 0 unspecified atom stereocenters. The Kier molecular flexibility index (Phi) is 7.75. The Hall–Kier alpha value is -3.49. The lowest BCUT2D eigenvalue weighted by atomic mass is 10.1. The second kappa shape index (κ2) is 10.7. The van der Waals surface area contributed by atoms with Crippen LogP contribution < -0.4 is 10.1 Å². The van der Waals surface area contributed by atoms with Crippen molar-refractivity contribution in [1.29, 1.82) is 0 Å². The molecule has 0 radical (unpaired) electrons. The van der Waals surface area contributed by atoms with E-state index in [1.165, 1.54) is 0 Å². The molecule has 7 nitrogen and oxygen atoms in total. The van der Waals surface area contributed by atoms with E-state index in [-0.39, 0.29) is 36.8 Å². The first-order valence-electron chi connectivity index (χ1n) is 10.3. The molecule has 0 aliphatic carbocycles. The summed E-state index contributed by atoms with van der Waals surface area (Å²) in [4.78, 5) is 40.3. The summed E-state index contributed by atoms with van der Waals surface area (Å²) in [7, 11) is 1.57. The minimum Gasteiger partial charge on any atom is -0.497 e. The molecule has 32 heavy (non-hydrogen) atoms. The van der Waals surface area contributed by atoms with E-state index in [2.05, 4.69) is 5.32 Å². The summed E-state index contributed by atoms with van der Waals surface area (Å²) >= 11 is 0. The molecule has 9 heteroatoms. The van der Waals surface area contributed by atoms with Gasteiger partial charge in [0.1, 0.15) is 17.4 Å². The van der Waals surface area contributed by atoms with Crippen molar-refractivity contribution >= 4 is 17.7 Å². The van der Waals surface area contributed by atoms with Crippen molar-refractivity contribution in [3.63, 3.8) is 0 Å². The minimum atomic E-state index is -0.955. The smallest absolute Gasteiger partial charge is 0.254 e. The van der Waals surface area contributed by atoms with Gasteiger partial charge in [-0.25, -0.2) is 8.78 Å². The number of benzene rings is 2. The molecule has 1 fully saturated rings. The van der Waals surface area contributed by atoms with Crippen LogP contribution in [0.1, 0.15) is 22.3 Å². The summed E-state index contributed by atoms with van der Waals surface area (Å²) in [6.07, 6.45) is 0.309. The lowest BCUT2D eigenvalue weighted by molar-refractivity contribution is -0.139. The average molecular weight is 445 g/mol. The molecule has 1 saturated heterocycles. The Labute approximate surface area is 184 Å². The third-order valence-corrected chi connectivity index (χ3v) is 5.27. The summed E-state index contributed by atoms with van der Waals surface area (Å²) in [5.41, 5.74) is 0.586. The number of nitrogens with one attached hydrogen (secondary N) is 1. The van der Waals surface area contributed by atoms with E-state index in [0.717, 1.165) is 17.7 Å². The van der Waals surface area contributed by atoms with E-state index < -0.39 is 17.5 Å². The van der Waals surface area contributed by atoms with Crippen molar-refractivity contribution in [3.8, 4) is 5.75 Å². The number of hydrogen-bond donors (Lipinski definition) is 1. The molecule has 0 saturated carbocycles. The van der Waals surface area contributed by atoms with Gasteiger partial charge in [0, 0.05) is 45.2 Å². The van der Waals surface area contributed by atoms with Crippen LogP contribution >= 0.6 is 0 Å². The van der Waals surface area contributed by atoms with E-state index in [1.807, 2.05) is 24.3 Å². The topological polar surface area (TPSA) is 79.0 Å². The Morgan fingerprint density at radius 2 is 1.66 bits per heavy atom. The number of carbonyl (C=O) groups excluding carboxylic acids is 3. The van der Waals surface area contributed by atoms with Crippen LogP contribution in [0.2, 0.25) is 0 Å². The molecule has 1 N–H and O–H groups in total. The highest BCUT2D eigenvalue weighted by Crippen LogP contribution is 2.15. The standard InChI is InChI=1S/C23H25F2N3O4/c1-32-18-4-2-3-16(13-18)14-22(30)28-11-9-27(10-12-28)21(29)7-8-26-23(31)19-6-5-17(24)15-20(19)25/h2-6,13,15H,7-12,14H2,1H3,(H,26,31). The molecular formula is C23H25F2N3O4. The van der Waals surface area contributed by atoms with Gasteiger partial charge >= 0.3 is 0 Å². The Morgan fingerprint density at radius 3 is 2.31 bits per heavy atom.